The lowest BCUT2D eigenvalue weighted by molar-refractivity contribution is -0.141. The normalized spacial score (nSPS) is 19.2. The lowest BCUT2D eigenvalue weighted by Crippen LogP contribution is -2.61. The molecule has 0 atom stereocenters. The van der Waals surface area contributed by atoms with E-state index in [0.717, 1.165) is 12.1 Å². The van der Waals surface area contributed by atoms with Gasteiger partial charge in [0, 0.05) is 6.07 Å². The van der Waals surface area contributed by atoms with Crippen molar-refractivity contribution in [3.8, 4) is 11.5 Å². The van der Waals surface area contributed by atoms with Gasteiger partial charge >= 0.3 is 0 Å². The maximum Gasteiger partial charge on any atom is 0.296 e. The van der Waals surface area contributed by atoms with Crippen LogP contribution in [0.25, 0.3) is 0 Å². The van der Waals surface area contributed by atoms with Crippen LogP contribution >= 0.6 is 0 Å². The largest absolute Gasteiger partial charge is 0.508 e. The fraction of sp³-hybridized carbons (Fsp3) is 0.176. The van der Waals surface area contributed by atoms with Crippen molar-refractivity contribution < 1.29 is 37.5 Å². The van der Waals surface area contributed by atoms with Gasteiger partial charge in [-0.3, -0.25) is 14.1 Å². The molecule has 5 N–H and O–H groups in total. The molecule has 0 aliphatic carbocycles. The van der Waals surface area contributed by atoms with E-state index >= 15 is 0 Å². The smallest absolute Gasteiger partial charge is 0.296 e. The minimum absolute atomic E-state index is 0.00574. The number of aromatic hydroxyl groups is 1. The van der Waals surface area contributed by atoms with E-state index in [-0.39, 0.29) is 28.6 Å². The van der Waals surface area contributed by atoms with Gasteiger partial charge in [0.2, 0.25) is 12.4 Å². The SMILES string of the molecule is COc1cc(N=Nc2ccc(O)cc2)c(S(=O)(=O)O)cc1N=NC1C(=O)NC(O)NC1=O. The van der Waals surface area contributed by atoms with Crippen LogP contribution in [0.2, 0.25) is 0 Å². The van der Waals surface area contributed by atoms with Gasteiger partial charge in [-0.25, -0.2) is 0 Å². The number of azo groups is 2. The molecular weight excluding hydrogens is 448 g/mol. The standard InChI is InChI=1S/C17H16N6O8S/c1-31-12-6-11(22-20-8-2-4-9(24)5-3-8)13(32(28,29)30)7-10(12)21-23-14-15(25)18-17(27)19-16(14)26/h2-7,14,17,24,27H,1H3,(H,18,25)(H,19,26)(H,28,29,30). The molecule has 3 rings (SSSR count). The molecule has 0 saturated carbocycles. The van der Waals surface area contributed by atoms with Crippen molar-refractivity contribution in [3.05, 3.63) is 36.4 Å². The van der Waals surface area contributed by atoms with Gasteiger partial charge in [0.05, 0.1) is 12.8 Å². The van der Waals surface area contributed by atoms with E-state index < -0.39 is 39.2 Å². The molecule has 1 saturated heterocycles. The van der Waals surface area contributed by atoms with E-state index in [1.807, 2.05) is 10.6 Å². The number of rotatable bonds is 6. The Morgan fingerprint density at radius 2 is 1.59 bits per heavy atom. The summed E-state index contributed by atoms with van der Waals surface area (Å²) in [5, 5.41) is 37.5. The topological polar surface area (TPSA) is 212 Å². The van der Waals surface area contributed by atoms with Crippen LogP contribution in [0.5, 0.6) is 11.5 Å². The third-order valence-electron chi connectivity index (χ3n) is 4.00. The number of phenols is 1. The highest BCUT2D eigenvalue weighted by atomic mass is 32.2. The van der Waals surface area contributed by atoms with Gasteiger partial charge < -0.3 is 25.6 Å². The van der Waals surface area contributed by atoms with Crippen molar-refractivity contribution in [1.82, 2.24) is 10.6 Å². The van der Waals surface area contributed by atoms with Crippen molar-refractivity contribution in [2.24, 2.45) is 20.5 Å². The minimum Gasteiger partial charge on any atom is -0.508 e. The summed E-state index contributed by atoms with van der Waals surface area (Å²) in [6.45, 7) is 0. The van der Waals surface area contributed by atoms with E-state index in [0.29, 0.717) is 0 Å². The van der Waals surface area contributed by atoms with E-state index in [4.69, 9.17) is 4.74 Å². The van der Waals surface area contributed by atoms with Crippen LogP contribution in [-0.4, -0.2) is 54.5 Å². The Balaban J connectivity index is 2.00. The zero-order valence-electron chi connectivity index (χ0n) is 16.2. The zero-order valence-corrected chi connectivity index (χ0v) is 17.0. The number of carbonyl (C=O) groups is 2. The molecule has 0 spiro atoms. The van der Waals surface area contributed by atoms with Crippen LogP contribution in [0, 0.1) is 0 Å². The second-order valence-electron chi connectivity index (χ2n) is 6.22. The van der Waals surface area contributed by atoms with Crippen molar-refractivity contribution >= 4 is 39.0 Å². The van der Waals surface area contributed by atoms with E-state index in [1.54, 1.807) is 0 Å². The molecule has 15 heteroatoms. The molecule has 1 aliphatic rings. The summed E-state index contributed by atoms with van der Waals surface area (Å²) in [5.74, 6) is -1.93. The number of phenolic OH excluding ortho intramolecular Hbond substituents is 1. The molecule has 1 aliphatic heterocycles. The Morgan fingerprint density at radius 3 is 2.16 bits per heavy atom. The van der Waals surface area contributed by atoms with Gasteiger partial charge in [-0.1, -0.05) is 0 Å². The Morgan fingerprint density at radius 1 is 0.969 bits per heavy atom. The Hall–Kier alpha value is -3.95. The van der Waals surface area contributed by atoms with Crippen LogP contribution in [0.3, 0.4) is 0 Å². The lowest BCUT2D eigenvalue weighted by Gasteiger charge is -2.23. The van der Waals surface area contributed by atoms with Crippen LogP contribution in [0.4, 0.5) is 17.1 Å². The third-order valence-corrected chi connectivity index (χ3v) is 4.88. The number of nitrogens with zero attached hydrogens (tertiary/aromatic N) is 4. The molecule has 1 heterocycles. The molecule has 0 radical (unpaired) electrons. The molecular formula is C17H16N6O8S. The summed E-state index contributed by atoms with van der Waals surface area (Å²) in [5.41, 5.74) is -0.258. The van der Waals surface area contributed by atoms with Crippen molar-refractivity contribution in [2.45, 2.75) is 17.3 Å². The Bertz CT molecular complexity index is 1190. The number of ether oxygens (including phenoxy) is 1. The molecule has 0 bridgehead atoms. The van der Waals surface area contributed by atoms with Crippen LogP contribution in [-0.2, 0) is 19.7 Å². The highest BCUT2D eigenvalue weighted by Crippen LogP contribution is 2.38. The average Bonchev–Trinajstić information content (AvgIpc) is 2.71. The van der Waals surface area contributed by atoms with Crippen molar-refractivity contribution in [3.63, 3.8) is 0 Å². The molecule has 0 aromatic heterocycles. The number of carbonyl (C=O) groups excluding carboxylic acids is 2. The zero-order chi connectivity index (χ0) is 23.5. The first-order chi connectivity index (χ1) is 15.1. The molecule has 2 aromatic carbocycles. The maximum atomic E-state index is 11.9. The first kappa shape index (κ1) is 22.7. The van der Waals surface area contributed by atoms with Gasteiger partial charge in [0.25, 0.3) is 21.9 Å². The van der Waals surface area contributed by atoms with Gasteiger partial charge in [0.1, 0.15) is 27.8 Å². The molecule has 32 heavy (non-hydrogen) atoms. The fourth-order valence-electron chi connectivity index (χ4n) is 2.50. The average molecular weight is 464 g/mol. The number of benzene rings is 2. The summed E-state index contributed by atoms with van der Waals surface area (Å²) in [6, 6.07) is 5.86. The minimum atomic E-state index is -4.81. The maximum absolute atomic E-state index is 11.9. The summed E-state index contributed by atoms with van der Waals surface area (Å²) in [4.78, 5) is 22.9. The molecule has 168 valence electrons. The Labute approximate surface area is 180 Å². The highest BCUT2D eigenvalue weighted by molar-refractivity contribution is 7.86. The van der Waals surface area contributed by atoms with E-state index in [1.165, 1.54) is 31.4 Å². The van der Waals surface area contributed by atoms with Crippen LogP contribution in [0.15, 0.2) is 61.8 Å². The number of aliphatic hydroxyl groups excluding tert-OH is 1. The quantitative estimate of drug-likeness (QED) is 0.236. The van der Waals surface area contributed by atoms with Gasteiger partial charge in [-0.05, 0) is 30.3 Å². The lowest BCUT2D eigenvalue weighted by atomic mass is 10.2. The fourth-order valence-corrected chi connectivity index (χ4v) is 3.13. The summed E-state index contributed by atoms with van der Waals surface area (Å²) < 4.78 is 38.4. The molecule has 2 amide bonds. The second kappa shape index (κ2) is 9.04. The van der Waals surface area contributed by atoms with E-state index in [9.17, 15) is 32.8 Å². The monoisotopic (exact) mass is 464 g/mol. The van der Waals surface area contributed by atoms with Crippen molar-refractivity contribution in [1.29, 1.82) is 0 Å². The summed E-state index contributed by atoms with van der Waals surface area (Å²) in [6.07, 6.45) is -1.57. The predicted molar refractivity (Wildman–Crippen MR) is 106 cm³/mol. The molecule has 1 fully saturated rings. The number of hydrogen-bond donors (Lipinski definition) is 5. The van der Waals surface area contributed by atoms with Gasteiger partial charge in [0.15, 0.2) is 0 Å². The predicted octanol–water partition coefficient (Wildman–Crippen LogP) is 1.04. The van der Waals surface area contributed by atoms with Gasteiger partial charge in [-0.2, -0.15) is 23.8 Å². The molecule has 0 unspecified atom stereocenters. The highest BCUT2D eigenvalue weighted by Gasteiger charge is 2.34. The van der Waals surface area contributed by atoms with Crippen molar-refractivity contribution in [2.75, 3.05) is 7.11 Å². The number of hydrogen-bond acceptors (Lipinski definition) is 11. The number of aliphatic hydroxyl groups is 1. The molecule has 14 nitrogen and oxygen atoms in total. The number of amides is 2. The number of methoxy groups -OCH3 is 1. The van der Waals surface area contributed by atoms with Crippen LogP contribution < -0.4 is 15.4 Å². The summed E-state index contributed by atoms with van der Waals surface area (Å²) >= 11 is 0. The Kier molecular flexibility index (Phi) is 6.42. The van der Waals surface area contributed by atoms with E-state index in [2.05, 4.69) is 20.5 Å². The molecule has 2 aromatic rings. The number of nitrogens with one attached hydrogen (secondary N) is 2. The first-order valence-corrected chi connectivity index (χ1v) is 10.1. The third kappa shape index (κ3) is 5.20. The summed E-state index contributed by atoms with van der Waals surface area (Å²) in [7, 11) is -3.57. The van der Waals surface area contributed by atoms with Gasteiger partial charge in [-0.15, -0.1) is 5.11 Å². The first-order valence-electron chi connectivity index (χ1n) is 8.68. The van der Waals surface area contributed by atoms with Crippen LogP contribution in [0.1, 0.15) is 0 Å². The second-order valence-corrected chi connectivity index (χ2v) is 7.61.